The third kappa shape index (κ3) is 8.70. The molecule has 0 saturated heterocycles. The molecule has 284 valence electrons. The lowest BCUT2D eigenvalue weighted by molar-refractivity contribution is 0.0513. The van der Waals surface area contributed by atoms with E-state index in [9.17, 15) is 23.6 Å². The second kappa shape index (κ2) is 14.5. The SMILES string of the molecule is Cn1ncc2cc(Oc3ccc(NC(=O)c4ccc(NC(=O)OC(C)(C)C)n(-c5ccc(F)cc5)c4=O)cc3F)c(-c3cnn(C(=O)OC(C)(C)C)c3)cc21. The number of ether oxygens (including phenoxy) is 3. The molecular weight excluding hydrogens is 716 g/mol. The molecule has 0 spiro atoms. The standard InChI is InChI=1S/C39H37F2N7O7/c1-38(2,3)54-36(51)45-33-15-13-27(35(50)48(33)26-11-8-24(40)9-12-26)34(49)44-25-10-14-31(29(41)17-25)53-32-16-22-19-42-46(7)30(22)18-28(32)23-20-43-47(21-23)37(52)55-39(4,5)6/h8-21H,1-7H3,(H,44,49)(H,45,51). The van der Waals surface area contributed by atoms with Gasteiger partial charge in [0.2, 0.25) is 0 Å². The summed E-state index contributed by atoms with van der Waals surface area (Å²) >= 11 is 0. The van der Waals surface area contributed by atoms with Gasteiger partial charge < -0.3 is 19.5 Å². The van der Waals surface area contributed by atoms with Crippen LogP contribution in [0.2, 0.25) is 0 Å². The van der Waals surface area contributed by atoms with Crippen LogP contribution >= 0.6 is 0 Å². The number of nitrogens with one attached hydrogen (secondary N) is 2. The van der Waals surface area contributed by atoms with Gasteiger partial charge in [-0.3, -0.25) is 24.2 Å². The van der Waals surface area contributed by atoms with Gasteiger partial charge in [0, 0.05) is 41.5 Å². The zero-order chi connectivity index (χ0) is 39.8. The topological polar surface area (TPSA) is 161 Å². The summed E-state index contributed by atoms with van der Waals surface area (Å²) in [7, 11) is 1.76. The molecule has 0 saturated carbocycles. The Kier molecular flexibility index (Phi) is 10.0. The van der Waals surface area contributed by atoms with Gasteiger partial charge in [0.15, 0.2) is 11.6 Å². The van der Waals surface area contributed by atoms with E-state index in [1.807, 2.05) is 0 Å². The van der Waals surface area contributed by atoms with Crippen molar-refractivity contribution < 1.29 is 37.4 Å². The van der Waals surface area contributed by atoms with Crippen molar-refractivity contribution in [3.05, 3.63) is 113 Å². The van der Waals surface area contributed by atoms with Crippen molar-refractivity contribution in [3.63, 3.8) is 0 Å². The van der Waals surface area contributed by atoms with Gasteiger partial charge in [-0.25, -0.2) is 18.4 Å². The molecule has 0 bridgehead atoms. The fourth-order valence-electron chi connectivity index (χ4n) is 5.40. The van der Waals surface area contributed by atoms with E-state index in [0.717, 1.165) is 33.0 Å². The maximum Gasteiger partial charge on any atom is 0.435 e. The molecule has 6 aromatic rings. The third-order valence-electron chi connectivity index (χ3n) is 7.77. The number of hydrogen-bond acceptors (Lipinski definition) is 9. The number of amides is 2. The highest BCUT2D eigenvalue weighted by Gasteiger charge is 2.23. The molecule has 0 aliphatic carbocycles. The largest absolute Gasteiger partial charge is 0.454 e. The summed E-state index contributed by atoms with van der Waals surface area (Å²) in [5.41, 5.74) is -0.963. The number of aromatic nitrogens is 5. The maximum atomic E-state index is 15.7. The Morgan fingerprint density at radius 2 is 1.49 bits per heavy atom. The van der Waals surface area contributed by atoms with Crippen LogP contribution in [0, 0.1) is 11.6 Å². The minimum atomic E-state index is -0.885. The maximum absolute atomic E-state index is 15.7. The Morgan fingerprint density at radius 1 is 0.782 bits per heavy atom. The first-order valence-corrected chi connectivity index (χ1v) is 16.9. The zero-order valence-corrected chi connectivity index (χ0v) is 30.9. The Balaban J connectivity index is 1.27. The second-order valence-corrected chi connectivity index (χ2v) is 14.4. The van der Waals surface area contributed by atoms with Crippen molar-refractivity contribution in [2.45, 2.75) is 52.7 Å². The monoisotopic (exact) mass is 753 g/mol. The Hall–Kier alpha value is -6.84. The number of benzene rings is 3. The van der Waals surface area contributed by atoms with E-state index in [-0.39, 0.29) is 34.3 Å². The van der Waals surface area contributed by atoms with Crippen LogP contribution in [0.1, 0.15) is 51.9 Å². The van der Waals surface area contributed by atoms with Crippen LogP contribution in [0.5, 0.6) is 11.5 Å². The number of carbonyl (C=O) groups is 3. The van der Waals surface area contributed by atoms with Crippen molar-refractivity contribution in [1.82, 2.24) is 24.1 Å². The average Bonchev–Trinajstić information content (AvgIpc) is 3.72. The number of pyridine rings is 1. The van der Waals surface area contributed by atoms with E-state index in [4.69, 9.17) is 14.2 Å². The molecule has 0 aliphatic heterocycles. The number of carbonyl (C=O) groups excluding carboxylic acids is 3. The van der Waals surface area contributed by atoms with Crippen molar-refractivity contribution in [2.24, 2.45) is 7.05 Å². The van der Waals surface area contributed by atoms with Gasteiger partial charge in [0.05, 0.1) is 23.6 Å². The van der Waals surface area contributed by atoms with Crippen molar-refractivity contribution in [2.75, 3.05) is 10.6 Å². The van der Waals surface area contributed by atoms with Crippen LogP contribution in [0.4, 0.5) is 29.9 Å². The fourth-order valence-corrected chi connectivity index (χ4v) is 5.40. The Morgan fingerprint density at radius 3 is 2.16 bits per heavy atom. The molecule has 3 aromatic heterocycles. The molecule has 0 fully saturated rings. The smallest absolute Gasteiger partial charge is 0.435 e. The molecular formula is C39H37F2N7O7. The predicted molar refractivity (Wildman–Crippen MR) is 200 cm³/mol. The zero-order valence-electron chi connectivity index (χ0n) is 30.9. The molecule has 0 aliphatic rings. The van der Waals surface area contributed by atoms with E-state index in [0.29, 0.717) is 16.5 Å². The molecule has 2 N–H and O–H groups in total. The number of hydrogen-bond donors (Lipinski definition) is 2. The summed E-state index contributed by atoms with van der Waals surface area (Å²) in [5, 5.41) is 14.1. The lowest BCUT2D eigenvalue weighted by Crippen LogP contribution is -2.32. The van der Waals surface area contributed by atoms with E-state index < -0.39 is 46.5 Å². The molecule has 3 aromatic carbocycles. The van der Waals surface area contributed by atoms with E-state index in [2.05, 4.69) is 20.8 Å². The highest BCUT2D eigenvalue weighted by molar-refractivity contribution is 6.04. The normalized spacial score (nSPS) is 11.7. The second-order valence-electron chi connectivity index (χ2n) is 14.4. The van der Waals surface area contributed by atoms with Gasteiger partial charge in [-0.2, -0.15) is 14.9 Å². The van der Waals surface area contributed by atoms with Crippen LogP contribution in [-0.4, -0.2) is 53.4 Å². The highest BCUT2D eigenvalue weighted by atomic mass is 19.1. The fraction of sp³-hybridized carbons (Fsp3) is 0.231. The Bertz CT molecular complexity index is 2510. The minimum Gasteiger partial charge on any atom is -0.454 e. The highest BCUT2D eigenvalue weighted by Crippen LogP contribution is 2.38. The lowest BCUT2D eigenvalue weighted by atomic mass is 10.1. The van der Waals surface area contributed by atoms with Crippen molar-refractivity contribution in [3.8, 4) is 28.3 Å². The van der Waals surface area contributed by atoms with Crippen molar-refractivity contribution in [1.29, 1.82) is 0 Å². The van der Waals surface area contributed by atoms with E-state index in [1.54, 1.807) is 71.6 Å². The summed E-state index contributed by atoms with van der Waals surface area (Å²) in [4.78, 5) is 52.4. The average molecular weight is 754 g/mol. The number of anilines is 2. The van der Waals surface area contributed by atoms with Gasteiger partial charge in [-0.1, -0.05) is 0 Å². The van der Waals surface area contributed by atoms with E-state index >= 15 is 4.39 Å². The van der Waals surface area contributed by atoms with Crippen LogP contribution in [0.3, 0.4) is 0 Å². The van der Waals surface area contributed by atoms with Gasteiger partial charge in [-0.05, 0) is 102 Å². The van der Waals surface area contributed by atoms with Crippen LogP contribution in [0.25, 0.3) is 27.7 Å². The molecule has 2 amide bonds. The van der Waals surface area contributed by atoms with E-state index in [1.165, 1.54) is 48.8 Å². The van der Waals surface area contributed by atoms with Crippen LogP contribution < -0.4 is 20.9 Å². The molecule has 6 rings (SSSR count). The molecule has 55 heavy (non-hydrogen) atoms. The molecule has 3 heterocycles. The first-order chi connectivity index (χ1) is 25.8. The van der Waals surface area contributed by atoms with Crippen LogP contribution in [-0.2, 0) is 16.5 Å². The molecule has 14 nitrogen and oxygen atoms in total. The first-order valence-electron chi connectivity index (χ1n) is 16.9. The van der Waals surface area contributed by atoms with Gasteiger partial charge in [0.25, 0.3) is 11.5 Å². The molecule has 0 atom stereocenters. The quantitative estimate of drug-likeness (QED) is 0.164. The number of aryl methyl sites for hydroxylation is 1. The number of rotatable bonds is 7. The first kappa shape index (κ1) is 37.9. The number of halogens is 2. The lowest BCUT2D eigenvalue weighted by Gasteiger charge is -2.21. The molecule has 16 heteroatoms. The van der Waals surface area contributed by atoms with Crippen molar-refractivity contribution >= 4 is 40.5 Å². The summed E-state index contributed by atoms with van der Waals surface area (Å²) in [5.74, 6) is -2.32. The summed E-state index contributed by atoms with van der Waals surface area (Å²) in [6, 6.07) is 14.5. The predicted octanol–water partition coefficient (Wildman–Crippen LogP) is 8.04. The third-order valence-corrected chi connectivity index (χ3v) is 7.77. The van der Waals surface area contributed by atoms with Gasteiger partial charge >= 0.3 is 12.2 Å². The van der Waals surface area contributed by atoms with Gasteiger partial charge in [0.1, 0.15) is 34.2 Å². The summed E-state index contributed by atoms with van der Waals surface area (Å²) in [6.07, 6.45) is 3.00. The van der Waals surface area contributed by atoms with Crippen LogP contribution in [0.15, 0.2) is 90.1 Å². The number of nitrogens with zero attached hydrogens (tertiary/aromatic N) is 5. The Labute approximate surface area is 313 Å². The molecule has 0 unspecified atom stereocenters. The summed E-state index contributed by atoms with van der Waals surface area (Å²) < 4.78 is 50.0. The summed E-state index contributed by atoms with van der Waals surface area (Å²) in [6.45, 7) is 10.2. The minimum absolute atomic E-state index is 0.000103. The number of fused-ring (bicyclic) bond motifs is 1. The molecule has 0 radical (unpaired) electrons. The van der Waals surface area contributed by atoms with Gasteiger partial charge in [-0.15, -0.1) is 0 Å².